The van der Waals surface area contributed by atoms with Crippen molar-refractivity contribution in [1.29, 1.82) is 0 Å². The zero-order chi connectivity index (χ0) is 21.0. The second-order valence-electron chi connectivity index (χ2n) is 6.34. The normalized spacial score (nSPS) is 11.2. The van der Waals surface area contributed by atoms with Gasteiger partial charge < -0.3 is 19.2 Å². The van der Waals surface area contributed by atoms with Gasteiger partial charge in [-0.2, -0.15) is 0 Å². The number of hydrogen-bond acceptors (Lipinski definition) is 7. The van der Waals surface area contributed by atoms with Crippen molar-refractivity contribution in [2.24, 2.45) is 0 Å². The minimum atomic E-state index is -0.578. The smallest absolute Gasteiger partial charge is 0.344 e. The Kier molecular flexibility index (Phi) is 6.33. The fourth-order valence-electron chi connectivity index (χ4n) is 2.79. The lowest BCUT2D eigenvalue weighted by molar-refractivity contribution is -0.147. The number of carbonyl (C=O) groups excluding carboxylic acids is 1. The Balaban J connectivity index is 1.62. The van der Waals surface area contributed by atoms with Gasteiger partial charge in [-0.1, -0.05) is 18.2 Å². The molecule has 0 spiro atoms. The molecule has 0 saturated carbocycles. The Labute approximate surface area is 172 Å². The van der Waals surface area contributed by atoms with E-state index in [1.165, 1.54) is 18.4 Å². The highest BCUT2D eigenvalue weighted by molar-refractivity contribution is 7.18. The highest BCUT2D eigenvalue weighted by Crippen LogP contribution is 2.28. The van der Waals surface area contributed by atoms with E-state index in [1.807, 2.05) is 45.1 Å². The van der Waals surface area contributed by atoms with Crippen LogP contribution >= 0.6 is 11.3 Å². The number of esters is 1. The molecule has 3 rings (SSSR count). The predicted molar refractivity (Wildman–Crippen MR) is 113 cm³/mol. The van der Waals surface area contributed by atoms with Crippen LogP contribution < -0.4 is 15.0 Å². The lowest BCUT2D eigenvalue weighted by Crippen LogP contribution is -2.18. The summed E-state index contributed by atoms with van der Waals surface area (Å²) in [4.78, 5) is 33.0. The number of methoxy groups -OCH3 is 1. The van der Waals surface area contributed by atoms with Gasteiger partial charge in [-0.3, -0.25) is 4.79 Å². The minimum absolute atomic E-state index is 0.138. The van der Waals surface area contributed by atoms with E-state index >= 15 is 0 Å². The van der Waals surface area contributed by atoms with Gasteiger partial charge >= 0.3 is 5.97 Å². The monoisotopic (exact) mass is 414 g/mol. The molecule has 0 radical (unpaired) electrons. The maximum absolute atomic E-state index is 12.3. The Morgan fingerprint density at radius 2 is 2.07 bits per heavy atom. The average molecular weight is 414 g/mol. The Bertz CT molecular complexity index is 1130. The van der Waals surface area contributed by atoms with E-state index < -0.39 is 5.97 Å². The number of fused-ring (bicyclic) bond motifs is 1. The lowest BCUT2D eigenvalue weighted by atomic mass is 10.2. The Morgan fingerprint density at radius 1 is 1.28 bits per heavy atom. The number of H-pyrrole nitrogens is 1. The third-order valence-corrected chi connectivity index (χ3v) is 5.45. The zero-order valence-electron chi connectivity index (χ0n) is 16.7. The fourth-order valence-corrected chi connectivity index (χ4v) is 3.84. The van der Waals surface area contributed by atoms with Gasteiger partial charge in [0.1, 0.15) is 17.3 Å². The number of aryl methyl sites for hydroxylation is 2. The molecule has 0 fully saturated rings. The Morgan fingerprint density at radius 3 is 2.79 bits per heavy atom. The largest absolute Gasteiger partial charge is 0.493 e. The number of ether oxygens (including phenoxy) is 3. The van der Waals surface area contributed by atoms with Gasteiger partial charge in [-0.05, 0) is 44.0 Å². The van der Waals surface area contributed by atoms with Crippen LogP contribution in [0.1, 0.15) is 28.8 Å². The van der Waals surface area contributed by atoms with Gasteiger partial charge in [0, 0.05) is 4.88 Å². The Hall–Kier alpha value is -3.13. The highest BCUT2D eigenvalue weighted by atomic mass is 32.1. The van der Waals surface area contributed by atoms with Crippen LogP contribution in [-0.4, -0.2) is 29.7 Å². The second kappa shape index (κ2) is 8.91. The summed E-state index contributed by atoms with van der Waals surface area (Å²) in [6, 6.07) is 5.41. The summed E-state index contributed by atoms with van der Waals surface area (Å²) in [6.45, 7) is 5.33. The van der Waals surface area contributed by atoms with Crippen molar-refractivity contribution in [1.82, 2.24) is 9.97 Å². The molecule has 2 heterocycles. The number of carbonyl (C=O) groups is 1. The van der Waals surface area contributed by atoms with E-state index in [0.717, 1.165) is 16.0 Å². The number of thiophene rings is 1. The third kappa shape index (κ3) is 4.65. The molecule has 3 aromatic rings. The number of nitrogens with one attached hydrogen (secondary N) is 1. The van der Waals surface area contributed by atoms with Crippen molar-refractivity contribution >= 4 is 33.6 Å². The molecule has 0 aliphatic carbocycles. The van der Waals surface area contributed by atoms with Crippen LogP contribution in [0.25, 0.3) is 16.3 Å². The van der Waals surface area contributed by atoms with Crippen LogP contribution in [0.5, 0.6) is 11.5 Å². The molecule has 152 valence electrons. The first kappa shape index (κ1) is 20.6. The molecule has 0 bridgehead atoms. The van der Waals surface area contributed by atoms with Crippen molar-refractivity contribution < 1.29 is 19.0 Å². The van der Waals surface area contributed by atoms with Crippen molar-refractivity contribution in [3.63, 3.8) is 0 Å². The molecular formula is C21H22N2O5S. The van der Waals surface area contributed by atoms with Crippen LogP contribution in [0.3, 0.4) is 0 Å². The van der Waals surface area contributed by atoms with Gasteiger partial charge in [0.05, 0.1) is 12.5 Å². The summed E-state index contributed by atoms with van der Waals surface area (Å²) in [5, 5.41) is 0.583. The van der Waals surface area contributed by atoms with Gasteiger partial charge in [0.2, 0.25) is 0 Å². The minimum Gasteiger partial charge on any atom is -0.493 e. The van der Waals surface area contributed by atoms with Crippen LogP contribution in [0, 0.1) is 13.8 Å². The fraction of sp³-hybridized carbons (Fsp3) is 0.286. The number of rotatable bonds is 7. The van der Waals surface area contributed by atoms with Crippen molar-refractivity contribution in [2.45, 2.75) is 27.4 Å². The zero-order valence-corrected chi connectivity index (χ0v) is 17.5. The number of benzene rings is 1. The molecule has 29 heavy (non-hydrogen) atoms. The summed E-state index contributed by atoms with van der Waals surface area (Å²) in [6.07, 6.45) is 3.85. The van der Waals surface area contributed by atoms with Gasteiger partial charge in [0.25, 0.3) is 5.56 Å². The van der Waals surface area contributed by atoms with Gasteiger partial charge in [-0.25, -0.2) is 9.78 Å². The number of aromatic amines is 1. The molecule has 0 atom stereocenters. The van der Waals surface area contributed by atoms with Crippen molar-refractivity contribution in [3.05, 3.63) is 56.5 Å². The van der Waals surface area contributed by atoms with Gasteiger partial charge in [-0.15, -0.1) is 11.3 Å². The van der Waals surface area contributed by atoms with E-state index in [0.29, 0.717) is 27.5 Å². The summed E-state index contributed by atoms with van der Waals surface area (Å²) < 4.78 is 16.0. The maximum Gasteiger partial charge on any atom is 0.344 e. The molecule has 8 heteroatoms. The number of hydrogen-bond donors (Lipinski definition) is 1. The van der Waals surface area contributed by atoms with Gasteiger partial charge in [0.15, 0.2) is 18.1 Å². The van der Waals surface area contributed by atoms with E-state index in [4.69, 9.17) is 14.2 Å². The molecule has 0 aliphatic rings. The molecule has 1 aromatic carbocycles. The molecule has 0 unspecified atom stereocenters. The number of allylic oxidation sites excluding steroid dienone is 1. The molecule has 0 amide bonds. The summed E-state index contributed by atoms with van der Waals surface area (Å²) in [5.41, 5.74) is 1.65. The van der Waals surface area contributed by atoms with Crippen LogP contribution in [0.2, 0.25) is 0 Å². The first-order chi connectivity index (χ1) is 13.9. The lowest BCUT2D eigenvalue weighted by Gasteiger charge is -2.11. The number of nitrogens with zero attached hydrogens (tertiary/aromatic N) is 1. The maximum atomic E-state index is 12.3. The third-order valence-electron chi connectivity index (χ3n) is 4.35. The molecule has 7 nitrogen and oxygen atoms in total. The van der Waals surface area contributed by atoms with E-state index in [1.54, 1.807) is 6.07 Å². The van der Waals surface area contributed by atoms with E-state index in [2.05, 4.69) is 9.97 Å². The van der Waals surface area contributed by atoms with Crippen LogP contribution in [0.15, 0.2) is 29.1 Å². The highest BCUT2D eigenvalue weighted by Gasteiger charge is 2.14. The number of aromatic nitrogens is 2. The van der Waals surface area contributed by atoms with E-state index in [9.17, 15) is 9.59 Å². The molecule has 2 aromatic heterocycles. The quantitative estimate of drug-likeness (QED) is 0.592. The first-order valence-electron chi connectivity index (χ1n) is 9.01. The standard InChI is InChI=1S/C21H22N2O5S/c1-5-6-14-7-8-15(16(9-14)26-4)27-11-18(24)28-10-17-22-20(25)19-12(2)13(3)29-21(19)23-17/h5-9H,10-11H2,1-4H3,(H,22,23,25)/b6-5+. The summed E-state index contributed by atoms with van der Waals surface area (Å²) in [5.74, 6) is 0.680. The van der Waals surface area contributed by atoms with E-state index in [-0.39, 0.29) is 18.8 Å². The SMILES string of the molecule is C/C=C/c1ccc(OCC(=O)OCc2nc3sc(C)c(C)c3c(=O)[nH]2)c(OC)c1. The van der Waals surface area contributed by atoms with Crippen molar-refractivity contribution in [2.75, 3.05) is 13.7 Å². The summed E-state index contributed by atoms with van der Waals surface area (Å²) in [7, 11) is 1.53. The van der Waals surface area contributed by atoms with Crippen LogP contribution in [-0.2, 0) is 16.1 Å². The first-order valence-corrected chi connectivity index (χ1v) is 9.82. The second-order valence-corrected chi connectivity index (χ2v) is 7.54. The molecular weight excluding hydrogens is 392 g/mol. The average Bonchev–Trinajstić information content (AvgIpc) is 2.99. The molecule has 0 saturated heterocycles. The topological polar surface area (TPSA) is 90.5 Å². The predicted octanol–water partition coefficient (Wildman–Crippen LogP) is 3.77. The van der Waals surface area contributed by atoms with Crippen molar-refractivity contribution in [3.8, 4) is 11.5 Å². The molecule has 0 aliphatic heterocycles. The summed E-state index contributed by atoms with van der Waals surface area (Å²) >= 11 is 1.44. The molecule has 1 N–H and O–H groups in total. The van der Waals surface area contributed by atoms with Crippen LogP contribution in [0.4, 0.5) is 0 Å².